The third-order valence-corrected chi connectivity index (χ3v) is 8.33. The number of anilines is 10. The Morgan fingerprint density at radius 1 is 0.426 bits per heavy atom. The Bertz CT molecular complexity index is 2160. The summed E-state index contributed by atoms with van der Waals surface area (Å²) >= 11 is 0. The molecule has 0 amide bonds. The van der Waals surface area contributed by atoms with Crippen molar-refractivity contribution in [1.29, 1.82) is 10.5 Å². The molecular formula is C40H40N14. The molecule has 0 saturated heterocycles. The lowest BCUT2D eigenvalue weighted by molar-refractivity contribution is 0.971. The molecule has 0 atom stereocenters. The molecule has 6 rings (SSSR count). The van der Waals surface area contributed by atoms with Crippen molar-refractivity contribution < 1.29 is 0 Å². The van der Waals surface area contributed by atoms with Gasteiger partial charge in [-0.05, 0) is 112 Å². The molecule has 0 aliphatic heterocycles. The Labute approximate surface area is 314 Å². The molecule has 270 valence electrons. The predicted molar refractivity (Wildman–Crippen MR) is 213 cm³/mol. The van der Waals surface area contributed by atoms with Crippen LogP contribution in [0.3, 0.4) is 0 Å². The highest BCUT2D eigenvalue weighted by molar-refractivity contribution is 5.67. The smallest absolute Gasteiger partial charge is 0.233 e. The van der Waals surface area contributed by atoms with Gasteiger partial charge in [0.05, 0.1) is 23.3 Å². The summed E-state index contributed by atoms with van der Waals surface area (Å²) in [7, 11) is 0. The lowest BCUT2D eigenvalue weighted by Gasteiger charge is -2.16. The van der Waals surface area contributed by atoms with Crippen molar-refractivity contribution in [2.24, 2.45) is 0 Å². The van der Waals surface area contributed by atoms with E-state index in [-0.39, 0.29) is 0 Å². The van der Waals surface area contributed by atoms with Gasteiger partial charge in [0.1, 0.15) is 0 Å². The number of nitrogens with zero attached hydrogens (tertiary/aromatic N) is 8. The monoisotopic (exact) mass is 716 g/mol. The minimum absolute atomic E-state index is 0.323. The summed E-state index contributed by atoms with van der Waals surface area (Å²) in [5, 5.41) is 38.2. The van der Waals surface area contributed by atoms with Gasteiger partial charge >= 0.3 is 0 Å². The number of hydrogen-bond acceptors (Lipinski definition) is 14. The van der Waals surface area contributed by atoms with E-state index in [0.717, 1.165) is 45.0 Å². The van der Waals surface area contributed by atoms with Gasteiger partial charge < -0.3 is 31.9 Å². The van der Waals surface area contributed by atoms with Crippen LogP contribution in [0.5, 0.6) is 0 Å². The molecule has 2 aromatic heterocycles. The second-order valence-corrected chi connectivity index (χ2v) is 12.9. The third kappa shape index (κ3) is 9.31. The average Bonchev–Trinajstić information content (AvgIpc) is 3.14. The van der Waals surface area contributed by atoms with Crippen LogP contribution in [0.15, 0.2) is 72.8 Å². The van der Waals surface area contributed by atoms with Crippen molar-refractivity contribution in [1.82, 2.24) is 29.9 Å². The lowest BCUT2D eigenvalue weighted by atomic mass is 10.1. The highest BCUT2D eigenvalue weighted by Crippen LogP contribution is 2.27. The molecule has 0 aliphatic carbocycles. The maximum Gasteiger partial charge on any atom is 0.233 e. The van der Waals surface area contributed by atoms with Gasteiger partial charge in [0, 0.05) is 35.8 Å². The van der Waals surface area contributed by atoms with E-state index in [9.17, 15) is 10.5 Å². The van der Waals surface area contributed by atoms with Crippen molar-refractivity contribution in [3.05, 3.63) is 117 Å². The van der Waals surface area contributed by atoms with Gasteiger partial charge in [-0.25, -0.2) is 0 Å². The van der Waals surface area contributed by atoms with Gasteiger partial charge in [-0.2, -0.15) is 40.4 Å². The molecule has 2 heterocycles. The first-order valence-electron chi connectivity index (χ1n) is 17.3. The van der Waals surface area contributed by atoms with Crippen LogP contribution in [0.25, 0.3) is 0 Å². The van der Waals surface area contributed by atoms with Crippen molar-refractivity contribution in [3.8, 4) is 12.1 Å². The van der Waals surface area contributed by atoms with Crippen LogP contribution < -0.4 is 31.9 Å². The molecule has 14 nitrogen and oxygen atoms in total. The summed E-state index contributed by atoms with van der Waals surface area (Å²) in [5.41, 5.74) is 11.0. The van der Waals surface area contributed by atoms with Gasteiger partial charge in [0.2, 0.25) is 35.7 Å². The topological polar surface area (TPSA) is 197 Å². The zero-order valence-electron chi connectivity index (χ0n) is 30.9. The van der Waals surface area contributed by atoms with Crippen LogP contribution >= 0.6 is 0 Å². The molecule has 0 spiro atoms. The fourth-order valence-corrected chi connectivity index (χ4v) is 5.97. The highest BCUT2D eigenvalue weighted by Gasteiger charge is 2.13. The molecule has 0 aliphatic rings. The quantitative estimate of drug-likeness (QED) is 0.0626. The van der Waals surface area contributed by atoms with E-state index < -0.39 is 0 Å². The van der Waals surface area contributed by atoms with Crippen LogP contribution in [0, 0.1) is 64.2 Å². The van der Waals surface area contributed by atoms with E-state index in [2.05, 4.69) is 112 Å². The van der Waals surface area contributed by atoms with Crippen molar-refractivity contribution in [2.45, 2.75) is 41.5 Å². The van der Waals surface area contributed by atoms with E-state index in [1.165, 1.54) is 11.1 Å². The Balaban J connectivity index is 1.21. The Hall–Kier alpha value is -7.32. The maximum atomic E-state index is 9.21. The molecule has 4 aromatic carbocycles. The van der Waals surface area contributed by atoms with Crippen LogP contribution in [0.1, 0.15) is 44.5 Å². The first-order valence-corrected chi connectivity index (χ1v) is 17.3. The first-order chi connectivity index (χ1) is 26.0. The maximum absolute atomic E-state index is 9.21. The van der Waals surface area contributed by atoms with Crippen LogP contribution in [-0.2, 0) is 0 Å². The van der Waals surface area contributed by atoms with Crippen LogP contribution in [0.2, 0.25) is 0 Å². The van der Waals surface area contributed by atoms with Crippen LogP contribution in [0.4, 0.5) is 58.4 Å². The predicted octanol–water partition coefficient (Wildman–Crippen LogP) is 8.15. The molecule has 0 unspecified atom stereocenters. The van der Waals surface area contributed by atoms with Crippen molar-refractivity contribution in [3.63, 3.8) is 0 Å². The average molecular weight is 717 g/mol. The summed E-state index contributed by atoms with van der Waals surface area (Å²) in [6, 6.07) is 26.8. The second kappa shape index (κ2) is 16.4. The summed E-state index contributed by atoms with van der Waals surface area (Å²) in [6.45, 7) is 13.1. The molecular weight excluding hydrogens is 677 g/mol. The number of nitriles is 2. The summed E-state index contributed by atoms with van der Waals surface area (Å²) in [6.07, 6.45) is 0. The van der Waals surface area contributed by atoms with Gasteiger partial charge in [-0.3, -0.25) is 0 Å². The SMILES string of the molecule is Cc1cc(C)c(Nc2nc(NCCNc3nc(Nc4ccc(C#N)cc4)nc(Nc4c(C)cc(C)cc4C)n3)nc(Nc3ccc(C#N)cc3)n2)c(C)c1. The molecule has 0 fully saturated rings. The highest BCUT2D eigenvalue weighted by atomic mass is 15.3. The van der Waals surface area contributed by atoms with E-state index in [1.807, 2.05) is 27.7 Å². The second-order valence-electron chi connectivity index (χ2n) is 12.9. The normalized spacial score (nSPS) is 10.5. The van der Waals surface area contributed by atoms with E-state index in [4.69, 9.17) is 0 Å². The molecule has 6 N–H and O–H groups in total. The van der Waals surface area contributed by atoms with E-state index in [1.54, 1.807) is 48.5 Å². The molecule has 0 bridgehead atoms. The van der Waals surface area contributed by atoms with Crippen molar-refractivity contribution >= 4 is 58.4 Å². The number of benzene rings is 4. The molecule has 6 aromatic rings. The zero-order valence-corrected chi connectivity index (χ0v) is 30.9. The van der Waals surface area contributed by atoms with Gasteiger partial charge in [-0.1, -0.05) is 35.4 Å². The minimum atomic E-state index is 0.323. The number of aromatic nitrogens is 6. The van der Waals surface area contributed by atoms with Crippen molar-refractivity contribution in [2.75, 3.05) is 45.0 Å². The Kier molecular flexibility index (Phi) is 11.0. The molecule has 14 heteroatoms. The van der Waals surface area contributed by atoms with Gasteiger partial charge in [0.25, 0.3) is 0 Å². The van der Waals surface area contributed by atoms with Gasteiger partial charge in [0.15, 0.2) is 0 Å². The first kappa shape index (κ1) is 36.5. The van der Waals surface area contributed by atoms with E-state index >= 15 is 0 Å². The summed E-state index contributed by atoms with van der Waals surface area (Å²) < 4.78 is 0. The molecule has 54 heavy (non-hydrogen) atoms. The number of nitrogens with one attached hydrogen (secondary N) is 6. The Morgan fingerprint density at radius 3 is 1.04 bits per heavy atom. The largest absolute Gasteiger partial charge is 0.352 e. The fourth-order valence-electron chi connectivity index (χ4n) is 5.97. The minimum Gasteiger partial charge on any atom is -0.352 e. The molecule has 0 saturated carbocycles. The lowest BCUT2D eigenvalue weighted by Crippen LogP contribution is -2.18. The van der Waals surface area contributed by atoms with Gasteiger partial charge in [-0.15, -0.1) is 0 Å². The zero-order chi connectivity index (χ0) is 38.2. The standard InChI is InChI=1S/C40H40N14/c1-23-17-25(3)33(26(4)18-23)47-39-51-35(49-37(53-39)45-31-11-7-29(21-41)8-12-31)43-15-16-44-36-50-38(46-32-13-9-30(22-42)10-14-32)54-40(52-36)48-34-27(5)19-24(2)20-28(34)6/h7-14,17-20H,15-16H2,1-6H3,(H3,43,45,47,49,51,53)(H3,44,46,48,50,52,54). The number of aryl methyl sites for hydroxylation is 6. The third-order valence-electron chi connectivity index (χ3n) is 8.33. The molecule has 0 radical (unpaired) electrons. The van der Waals surface area contributed by atoms with E-state index in [0.29, 0.717) is 59.9 Å². The Morgan fingerprint density at radius 2 is 0.722 bits per heavy atom. The summed E-state index contributed by atoms with van der Waals surface area (Å²) in [4.78, 5) is 27.8. The number of hydrogen-bond donors (Lipinski definition) is 6. The van der Waals surface area contributed by atoms with Crippen LogP contribution in [-0.4, -0.2) is 43.0 Å². The summed E-state index contributed by atoms with van der Waals surface area (Å²) in [5.74, 6) is 2.06. The fraction of sp³-hybridized carbons (Fsp3) is 0.200. The number of rotatable bonds is 13.